The number of carbonyl (C=O) groups is 2. The van der Waals surface area contributed by atoms with Crippen LogP contribution in [0.15, 0.2) is 52.3 Å². The molecule has 0 amide bonds. The molecule has 1 heterocycles. The van der Waals surface area contributed by atoms with E-state index in [1.54, 1.807) is 35.7 Å². The molecule has 0 fully saturated rings. The van der Waals surface area contributed by atoms with Crippen molar-refractivity contribution in [1.29, 1.82) is 0 Å². The maximum Gasteiger partial charge on any atom is 0.166 e. The summed E-state index contributed by atoms with van der Waals surface area (Å²) in [5.41, 5.74) is 0.679. The molecule has 0 saturated carbocycles. The van der Waals surface area contributed by atoms with Crippen LogP contribution in [0.4, 0.5) is 4.39 Å². The Morgan fingerprint density at radius 3 is 2.39 bits per heavy atom. The van der Waals surface area contributed by atoms with E-state index < -0.39 is 5.82 Å². The van der Waals surface area contributed by atoms with Gasteiger partial charge in [0.1, 0.15) is 5.82 Å². The van der Waals surface area contributed by atoms with E-state index in [2.05, 4.69) is 0 Å². The Morgan fingerprint density at radius 1 is 0.913 bits per heavy atom. The molecule has 0 unspecified atom stereocenters. The number of carbonyl (C=O) groups excluding carboxylic acids is 2. The fourth-order valence-electron chi connectivity index (χ4n) is 2.41. The third-order valence-electron chi connectivity index (χ3n) is 3.62. The van der Waals surface area contributed by atoms with Crippen LogP contribution in [0, 0.1) is 5.82 Å². The van der Waals surface area contributed by atoms with Crippen LogP contribution in [-0.4, -0.2) is 23.1 Å². The molecule has 3 rings (SSSR count). The van der Waals surface area contributed by atoms with Gasteiger partial charge in [-0.15, -0.1) is 23.5 Å². The Bertz CT molecular complexity index is 758. The van der Waals surface area contributed by atoms with Gasteiger partial charge >= 0.3 is 0 Å². The van der Waals surface area contributed by atoms with Gasteiger partial charge in [-0.25, -0.2) is 4.39 Å². The van der Waals surface area contributed by atoms with Gasteiger partial charge in [0, 0.05) is 39.7 Å². The lowest BCUT2D eigenvalue weighted by Crippen LogP contribution is -2.07. The topological polar surface area (TPSA) is 34.1 Å². The number of ketones is 2. The van der Waals surface area contributed by atoms with Crippen LogP contribution in [-0.2, 0) is 0 Å². The van der Waals surface area contributed by atoms with Crippen LogP contribution in [0.5, 0.6) is 0 Å². The molecule has 0 N–H and O–H groups in total. The van der Waals surface area contributed by atoms with E-state index in [0.29, 0.717) is 5.56 Å². The maximum absolute atomic E-state index is 13.6. The Kier molecular flexibility index (Phi) is 5.18. The van der Waals surface area contributed by atoms with Crippen LogP contribution in [0.3, 0.4) is 0 Å². The molecule has 0 radical (unpaired) electrons. The number of halogens is 1. The lowest BCUT2D eigenvalue weighted by Gasteiger charge is -2.15. The Morgan fingerprint density at radius 2 is 1.61 bits per heavy atom. The van der Waals surface area contributed by atoms with Gasteiger partial charge in [-0.2, -0.15) is 0 Å². The van der Waals surface area contributed by atoms with Crippen molar-refractivity contribution < 1.29 is 14.0 Å². The summed E-state index contributed by atoms with van der Waals surface area (Å²) < 4.78 is 13.6. The molecule has 2 aromatic carbocycles. The van der Waals surface area contributed by atoms with Crippen LogP contribution in [0.25, 0.3) is 0 Å². The van der Waals surface area contributed by atoms with Gasteiger partial charge in [0.15, 0.2) is 11.6 Å². The predicted molar refractivity (Wildman–Crippen MR) is 92.2 cm³/mol. The number of Topliss-reactive ketones (excluding diaryl/α,β-unsaturated/α-hetero) is 2. The molecule has 2 nitrogen and oxygen atoms in total. The summed E-state index contributed by atoms with van der Waals surface area (Å²) >= 11 is 3.55. The van der Waals surface area contributed by atoms with E-state index in [9.17, 15) is 14.0 Å². The highest BCUT2D eigenvalue weighted by Gasteiger charge is 2.16. The number of hydrogen-bond acceptors (Lipinski definition) is 4. The monoisotopic (exact) mass is 346 g/mol. The molecule has 0 saturated heterocycles. The molecule has 1 aliphatic rings. The molecule has 0 atom stereocenters. The molecule has 5 heteroatoms. The summed E-state index contributed by atoms with van der Waals surface area (Å²) in [4.78, 5) is 26.7. The number of thioether (sulfide) groups is 2. The Hall–Kier alpha value is -1.59. The quantitative estimate of drug-likeness (QED) is 0.724. The first-order valence-electron chi connectivity index (χ1n) is 7.36. The third-order valence-corrected chi connectivity index (χ3v) is 6.14. The van der Waals surface area contributed by atoms with Gasteiger partial charge in [-0.05, 0) is 24.3 Å². The maximum atomic E-state index is 13.6. The SMILES string of the molecule is O=C(CCC(=O)c1ccccc1F)c1ccc2c(c1)SCCS2. The summed E-state index contributed by atoms with van der Waals surface area (Å²) in [6.45, 7) is 0. The highest BCUT2D eigenvalue weighted by Crippen LogP contribution is 2.37. The van der Waals surface area contributed by atoms with Crippen LogP contribution < -0.4 is 0 Å². The number of hydrogen-bond donors (Lipinski definition) is 0. The number of fused-ring (bicyclic) bond motifs is 1. The van der Waals surface area contributed by atoms with Crippen molar-refractivity contribution in [3.8, 4) is 0 Å². The fourth-order valence-corrected chi connectivity index (χ4v) is 4.66. The highest BCUT2D eigenvalue weighted by molar-refractivity contribution is 8.05. The molecule has 118 valence electrons. The number of benzene rings is 2. The average molecular weight is 346 g/mol. The van der Waals surface area contributed by atoms with Crippen LogP contribution in [0.1, 0.15) is 33.6 Å². The molecular formula is C18H15FO2S2. The first-order valence-corrected chi connectivity index (χ1v) is 9.33. The molecular weight excluding hydrogens is 331 g/mol. The first-order chi connectivity index (χ1) is 11.1. The summed E-state index contributed by atoms with van der Waals surface area (Å²) in [7, 11) is 0. The zero-order valence-corrected chi connectivity index (χ0v) is 14.0. The largest absolute Gasteiger partial charge is 0.294 e. The molecule has 0 aromatic heterocycles. The molecule has 2 aromatic rings. The second kappa shape index (κ2) is 7.32. The lowest BCUT2D eigenvalue weighted by molar-refractivity contribution is 0.0915. The number of rotatable bonds is 5. The van der Waals surface area contributed by atoms with Crippen molar-refractivity contribution in [1.82, 2.24) is 0 Å². The molecule has 0 aliphatic carbocycles. The Balaban J connectivity index is 1.66. The summed E-state index contributed by atoms with van der Waals surface area (Å²) in [6.07, 6.45) is 0.127. The summed E-state index contributed by atoms with van der Waals surface area (Å²) in [6, 6.07) is 11.6. The zero-order valence-electron chi connectivity index (χ0n) is 12.4. The average Bonchev–Trinajstić information content (AvgIpc) is 2.59. The summed E-state index contributed by atoms with van der Waals surface area (Å²) in [5.74, 6) is 1.18. The minimum atomic E-state index is -0.535. The van der Waals surface area contributed by atoms with Crippen molar-refractivity contribution in [2.45, 2.75) is 22.6 Å². The minimum absolute atomic E-state index is 0.0265. The zero-order chi connectivity index (χ0) is 16.2. The third kappa shape index (κ3) is 3.85. The highest BCUT2D eigenvalue weighted by atomic mass is 32.2. The normalized spacial score (nSPS) is 13.4. The van der Waals surface area contributed by atoms with Gasteiger partial charge in [0.05, 0.1) is 5.56 Å². The van der Waals surface area contributed by atoms with Crippen LogP contribution >= 0.6 is 23.5 Å². The van der Waals surface area contributed by atoms with Crippen molar-refractivity contribution in [3.63, 3.8) is 0 Å². The molecule has 23 heavy (non-hydrogen) atoms. The minimum Gasteiger partial charge on any atom is -0.294 e. The van der Waals surface area contributed by atoms with Crippen molar-refractivity contribution in [2.75, 3.05) is 11.5 Å². The summed E-state index contributed by atoms with van der Waals surface area (Å²) in [5, 5.41) is 0. The second-order valence-electron chi connectivity index (χ2n) is 5.18. The van der Waals surface area contributed by atoms with Gasteiger partial charge in [-0.1, -0.05) is 18.2 Å². The van der Waals surface area contributed by atoms with Gasteiger partial charge in [-0.3, -0.25) is 9.59 Å². The molecule has 1 aliphatic heterocycles. The van der Waals surface area contributed by atoms with E-state index in [0.717, 1.165) is 16.4 Å². The van der Waals surface area contributed by atoms with Crippen LogP contribution in [0.2, 0.25) is 0 Å². The first kappa shape index (κ1) is 16.3. The van der Waals surface area contributed by atoms with Crippen molar-refractivity contribution >= 4 is 35.1 Å². The smallest absolute Gasteiger partial charge is 0.166 e. The van der Waals surface area contributed by atoms with Gasteiger partial charge in [0.25, 0.3) is 0 Å². The fraction of sp³-hybridized carbons (Fsp3) is 0.222. The van der Waals surface area contributed by atoms with Crippen molar-refractivity contribution in [3.05, 3.63) is 59.4 Å². The van der Waals surface area contributed by atoms with E-state index in [-0.39, 0.29) is 30.0 Å². The predicted octanol–water partition coefficient (Wildman–Crippen LogP) is 4.87. The lowest BCUT2D eigenvalue weighted by atomic mass is 10.0. The van der Waals surface area contributed by atoms with Crippen molar-refractivity contribution in [2.24, 2.45) is 0 Å². The van der Waals surface area contributed by atoms with Gasteiger partial charge in [0.2, 0.25) is 0 Å². The second-order valence-corrected chi connectivity index (χ2v) is 7.46. The Labute approximate surface area is 142 Å². The van der Waals surface area contributed by atoms with Gasteiger partial charge < -0.3 is 0 Å². The van der Waals surface area contributed by atoms with E-state index in [1.165, 1.54) is 17.0 Å². The van der Waals surface area contributed by atoms with E-state index in [4.69, 9.17) is 0 Å². The molecule has 0 spiro atoms. The molecule has 0 bridgehead atoms. The van der Waals surface area contributed by atoms with E-state index in [1.807, 2.05) is 18.2 Å². The standard InChI is InChI=1S/C18H15FO2S2/c19-14-4-2-1-3-13(14)16(21)7-6-15(20)12-5-8-17-18(11-12)23-10-9-22-17/h1-5,8,11H,6-7,9-10H2. The van der Waals surface area contributed by atoms with E-state index >= 15 is 0 Å².